The Kier molecular flexibility index (Phi) is 5.83. The molecule has 1 aromatic carbocycles. The molecular formula is C15H11BrClF5N2. The molecule has 0 saturated heterocycles. The fourth-order valence-corrected chi connectivity index (χ4v) is 2.84. The highest BCUT2D eigenvalue weighted by Crippen LogP contribution is 2.34. The Morgan fingerprint density at radius 2 is 1.79 bits per heavy atom. The van der Waals surface area contributed by atoms with Gasteiger partial charge in [-0.05, 0) is 33.6 Å². The molecular weight excluding hydrogens is 419 g/mol. The van der Waals surface area contributed by atoms with E-state index in [-0.39, 0.29) is 17.1 Å². The van der Waals surface area contributed by atoms with E-state index in [1.807, 2.05) is 0 Å². The van der Waals surface area contributed by atoms with Crippen LogP contribution in [0.15, 0.2) is 41.0 Å². The molecule has 0 atom stereocenters. The van der Waals surface area contributed by atoms with E-state index in [1.165, 1.54) is 30.5 Å². The van der Waals surface area contributed by atoms with Crippen LogP contribution in [0.25, 0.3) is 0 Å². The zero-order valence-corrected chi connectivity index (χ0v) is 14.3. The number of hydrogen-bond donors (Lipinski definition) is 1. The van der Waals surface area contributed by atoms with Crippen LogP contribution in [0.2, 0.25) is 5.02 Å². The average molecular weight is 430 g/mol. The van der Waals surface area contributed by atoms with Crippen molar-refractivity contribution in [1.82, 2.24) is 10.3 Å². The second kappa shape index (κ2) is 7.33. The molecule has 1 N–H and O–H groups in total. The molecule has 0 aliphatic rings. The predicted octanol–water partition coefficient (Wildman–Crippen LogP) is 5.40. The molecule has 0 saturated carbocycles. The molecule has 2 aromatic rings. The number of nitrogens with zero attached hydrogens (tertiary/aromatic N) is 1. The van der Waals surface area contributed by atoms with Gasteiger partial charge in [-0.25, -0.2) is 0 Å². The molecule has 0 radical (unpaired) electrons. The van der Waals surface area contributed by atoms with Gasteiger partial charge in [0.1, 0.15) is 5.69 Å². The lowest BCUT2D eigenvalue weighted by atomic mass is 10.1. The monoisotopic (exact) mass is 428 g/mol. The second-order valence-corrected chi connectivity index (χ2v) is 6.27. The fourth-order valence-electron chi connectivity index (χ4n) is 2.07. The summed E-state index contributed by atoms with van der Waals surface area (Å²) in [6.07, 6.45) is -3.37. The van der Waals surface area contributed by atoms with Gasteiger partial charge in [0.25, 0.3) is 0 Å². The summed E-state index contributed by atoms with van der Waals surface area (Å²) in [6, 6.07) is 6.07. The molecule has 2 nitrogen and oxygen atoms in total. The maximum Gasteiger partial charge on any atom is 0.416 e. The molecule has 1 aromatic heterocycles. The first-order chi connectivity index (χ1) is 11.1. The molecule has 1 heterocycles. The van der Waals surface area contributed by atoms with Crippen LogP contribution in [0.4, 0.5) is 22.0 Å². The number of hydrogen-bond acceptors (Lipinski definition) is 2. The van der Waals surface area contributed by atoms with E-state index in [9.17, 15) is 22.0 Å². The number of nitrogens with one attached hydrogen (secondary N) is 1. The Morgan fingerprint density at radius 3 is 2.42 bits per heavy atom. The molecule has 0 amide bonds. The van der Waals surface area contributed by atoms with Gasteiger partial charge in [-0.15, -0.1) is 0 Å². The lowest BCUT2D eigenvalue weighted by Crippen LogP contribution is -2.32. The summed E-state index contributed by atoms with van der Waals surface area (Å²) in [6.45, 7) is -1.26. The van der Waals surface area contributed by atoms with Gasteiger partial charge in [0, 0.05) is 17.2 Å². The van der Waals surface area contributed by atoms with Crippen LogP contribution in [0.1, 0.15) is 16.8 Å². The van der Waals surface area contributed by atoms with Gasteiger partial charge in [0.15, 0.2) is 0 Å². The number of aromatic nitrogens is 1. The van der Waals surface area contributed by atoms with Crippen LogP contribution in [0.3, 0.4) is 0 Å². The quantitative estimate of drug-likeness (QED) is 0.644. The van der Waals surface area contributed by atoms with Crippen molar-refractivity contribution >= 4 is 27.5 Å². The van der Waals surface area contributed by atoms with Crippen molar-refractivity contribution in [2.75, 3.05) is 6.54 Å². The molecule has 0 aliphatic carbocycles. The first-order valence-electron chi connectivity index (χ1n) is 6.66. The van der Waals surface area contributed by atoms with Gasteiger partial charge in [0.05, 0.1) is 17.1 Å². The summed E-state index contributed by atoms with van der Waals surface area (Å²) in [5, 5.41) is 2.10. The van der Waals surface area contributed by atoms with Gasteiger partial charge < -0.3 is 5.32 Å². The second-order valence-electron chi connectivity index (χ2n) is 4.95. The number of rotatable bonds is 5. The summed E-state index contributed by atoms with van der Waals surface area (Å²) in [5.41, 5.74) is -1.61. The van der Waals surface area contributed by atoms with Crippen molar-refractivity contribution in [2.24, 2.45) is 0 Å². The van der Waals surface area contributed by atoms with E-state index < -0.39 is 29.9 Å². The van der Waals surface area contributed by atoms with Crippen molar-refractivity contribution in [3.8, 4) is 0 Å². The van der Waals surface area contributed by atoms with Crippen molar-refractivity contribution < 1.29 is 22.0 Å². The van der Waals surface area contributed by atoms with E-state index in [2.05, 4.69) is 26.2 Å². The minimum atomic E-state index is -4.54. The topological polar surface area (TPSA) is 24.9 Å². The van der Waals surface area contributed by atoms with Gasteiger partial charge in [-0.2, -0.15) is 22.0 Å². The van der Waals surface area contributed by atoms with E-state index in [4.69, 9.17) is 11.6 Å². The van der Waals surface area contributed by atoms with Crippen molar-refractivity contribution in [3.05, 3.63) is 62.8 Å². The fraction of sp³-hybridized carbons (Fsp3) is 0.267. The van der Waals surface area contributed by atoms with E-state index in [1.54, 1.807) is 0 Å². The number of benzene rings is 1. The maximum absolute atomic E-state index is 14.1. The Morgan fingerprint density at radius 1 is 1.12 bits per heavy atom. The van der Waals surface area contributed by atoms with Crippen LogP contribution in [0, 0.1) is 0 Å². The summed E-state index contributed by atoms with van der Waals surface area (Å²) in [7, 11) is 0. The molecule has 0 unspecified atom stereocenters. The van der Waals surface area contributed by atoms with Crippen LogP contribution in [0.5, 0.6) is 0 Å². The predicted molar refractivity (Wildman–Crippen MR) is 84.0 cm³/mol. The third kappa shape index (κ3) is 4.64. The number of pyridine rings is 1. The summed E-state index contributed by atoms with van der Waals surface area (Å²) in [5.74, 6) is -3.43. The van der Waals surface area contributed by atoms with Gasteiger partial charge in [-0.3, -0.25) is 4.98 Å². The zero-order valence-electron chi connectivity index (χ0n) is 12.0. The Balaban J connectivity index is 2.09. The number of halogens is 7. The smallest absolute Gasteiger partial charge is 0.307 e. The van der Waals surface area contributed by atoms with Crippen LogP contribution >= 0.6 is 27.5 Å². The highest BCUT2D eigenvalue weighted by atomic mass is 79.9. The van der Waals surface area contributed by atoms with E-state index >= 15 is 0 Å². The van der Waals surface area contributed by atoms with Crippen LogP contribution in [-0.4, -0.2) is 11.5 Å². The van der Waals surface area contributed by atoms with E-state index in [0.717, 1.165) is 6.07 Å². The van der Waals surface area contributed by atoms with Crippen molar-refractivity contribution in [3.63, 3.8) is 0 Å². The molecule has 9 heteroatoms. The third-order valence-corrected chi connectivity index (χ3v) is 3.86. The summed E-state index contributed by atoms with van der Waals surface area (Å²) < 4.78 is 67.3. The largest absolute Gasteiger partial charge is 0.416 e. The van der Waals surface area contributed by atoms with Crippen molar-refractivity contribution in [2.45, 2.75) is 18.6 Å². The standard InChI is InChI=1S/C15H11BrClF5N2/c16-10-5-12(17)13(24-7-10)14(18,19)8-23-6-9-3-1-2-4-11(9)15(20,21)22/h1-5,7,23H,6,8H2. The first-order valence-corrected chi connectivity index (χ1v) is 7.83. The maximum atomic E-state index is 14.1. The minimum Gasteiger partial charge on any atom is -0.307 e. The van der Waals surface area contributed by atoms with Gasteiger partial charge in [0.2, 0.25) is 0 Å². The molecule has 0 bridgehead atoms. The molecule has 24 heavy (non-hydrogen) atoms. The highest BCUT2D eigenvalue weighted by molar-refractivity contribution is 9.10. The Hall–Kier alpha value is -1.25. The minimum absolute atomic E-state index is 0.115. The van der Waals surface area contributed by atoms with Crippen LogP contribution in [-0.2, 0) is 18.6 Å². The zero-order chi connectivity index (χ0) is 18.0. The summed E-state index contributed by atoms with van der Waals surface area (Å²) in [4.78, 5) is 3.58. The van der Waals surface area contributed by atoms with Crippen LogP contribution < -0.4 is 5.32 Å². The number of alkyl halides is 5. The first kappa shape index (κ1) is 19.1. The highest BCUT2D eigenvalue weighted by Gasteiger charge is 2.36. The summed E-state index contributed by atoms with van der Waals surface area (Å²) >= 11 is 8.80. The molecule has 0 aliphatic heterocycles. The Bertz CT molecular complexity index is 721. The van der Waals surface area contributed by atoms with Crippen molar-refractivity contribution in [1.29, 1.82) is 0 Å². The molecule has 130 valence electrons. The Labute approximate surface area is 148 Å². The lowest BCUT2D eigenvalue weighted by molar-refractivity contribution is -0.138. The molecule has 0 fully saturated rings. The average Bonchev–Trinajstić information content (AvgIpc) is 2.46. The lowest BCUT2D eigenvalue weighted by Gasteiger charge is -2.19. The SMILES string of the molecule is FC(F)(F)c1ccccc1CNCC(F)(F)c1ncc(Br)cc1Cl. The van der Waals surface area contributed by atoms with Gasteiger partial charge >= 0.3 is 12.1 Å². The van der Waals surface area contributed by atoms with Gasteiger partial charge in [-0.1, -0.05) is 29.8 Å². The normalized spacial score (nSPS) is 12.5. The molecule has 0 spiro atoms. The third-order valence-electron chi connectivity index (χ3n) is 3.14. The van der Waals surface area contributed by atoms with E-state index in [0.29, 0.717) is 4.47 Å². The molecule has 2 rings (SSSR count).